The van der Waals surface area contributed by atoms with E-state index in [0.29, 0.717) is 34.9 Å². The van der Waals surface area contributed by atoms with Crippen LogP contribution in [0.5, 0.6) is 11.5 Å². The summed E-state index contributed by atoms with van der Waals surface area (Å²) >= 11 is 0. The molecule has 2 rings (SSSR count). The molecular weight excluding hydrogens is 368 g/mol. The van der Waals surface area contributed by atoms with Gasteiger partial charge in [0.05, 0.1) is 25.2 Å². The van der Waals surface area contributed by atoms with E-state index in [0.717, 1.165) is 0 Å². The van der Waals surface area contributed by atoms with E-state index in [1.165, 1.54) is 13.2 Å². The molecule has 146 valence electrons. The molecule has 0 unspecified atom stereocenters. The quantitative estimate of drug-likeness (QED) is 0.720. The van der Waals surface area contributed by atoms with Gasteiger partial charge in [0.1, 0.15) is 11.5 Å². The van der Waals surface area contributed by atoms with Crippen LogP contribution >= 0.6 is 0 Å². The Morgan fingerprint density at radius 3 is 2.33 bits per heavy atom. The van der Waals surface area contributed by atoms with E-state index in [9.17, 15) is 13.2 Å². The van der Waals surface area contributed by atoms with Crippen molar-refractivity contribution in [1.29, 1.82) is 0 Å². The molecule has 0 saturated carbocycles. The van der Waals surface area contributed by atoms with Crippen LogP contribution in [0.3, 0.4) is 0 Å². The summed E-state index contributed by atoms with van der Waals surface area (Å²) in [6, 6.07) is 10.0. The number of amides is 1. The Kier molecular flexibility index (Phi) is 6.81. The minimum absolute atomic E-state index is 0.120. The molecule has 1 amide bonds. The number of anilines is 1. The first-order valence-electron chi connectivity index (χ1n) is 8.44. The summed E-state index contributed by atoms with van der Waals surface area (Å²) in [5, 5.41) is 2.64. The molecular formula is C19H24N2O5S. The van der Waals surface area contributed by atoms with Crippen LogP contribution in [0, 0.1) is 13.8 Å². The van der Waals surface area contributed by atoms with E-state index in [2.05, 4.69) is 10.0 Å². The Morgan fingerprint density at radius 2 is 1.74 bits per heavy atom. The fourth-order valence-electron chi connectivity index (χ4n) is 2.52. The highest BCUT2D eigenvalue weighted by Gasteiger charge is 2.19. The lowest BCUT2D eigenvalue weighted by atomic mass is 10.1. The van der Waals surface area contributed by atoms with Crippen LogP contribution in [0.15, 0.2) is 41.3 Å². The summed E-state index contributed by atoms with van der Waals surface area (Å²) < 4.78 is 37.9. The number of ether oxygens (including phenoxy) is 2. The first-order chi connectivity index (χ1) is 12.8. The Morgan fingerprint density at radius 1 is 1.07 bits per heavy atom. The number of hydrogen-bond acceptors (Lipinski definition) is 5. The first-order valence-corrected chi connectivity index (χ1v) is 9.92. The van der Waals surface area contributed by atoms with Gasteiger partial charge < -0.3 is 14.8 Å². The fraction of sp³-hybridized carbons (Fsp3) is 0.316. The number of sulfonamides is 1. The van der Waals surface area contributed by atoms with E-state index in [4.69, 9.17) is 9.47 Å². The average molecular weight is 392 g/mol. The van der Waals surface area contributed by atoms with Gasteiger partial charge in [-0.3, -0.25) is 4.79 Å². The molecule has 0 aliphatic rings. The van der Waals surface area contributed by atoms with Crippen LogP contribution < -0.4 is 19.5 Å². The molecule has 8 heteroatoms. The second-order valence-corrected chi connectivity index (χ2v) is 7.65. The van der Waals surface area contributed by atoms with E-state index in [-0.39, 0.29) is 11.4 Å². The Hall–Kier alpha value is -2.58. The molecule has 0 fully saturated rings. The number of aryl methyl sites for hydroxylation is 2. The molecule has 2 N–H and O–H groups in total. The molecule has 0 radical (unpaired) electrons. The summed E-state index contributed by atoms with van der Waals surface area (Å²) in [5.74, 6) is 0.840. The number of carbonyl (C=O) groups excluding carboxylic acids is 1. The molecule has 2 aromatic carbocycles. The molecule has 7 nitrogen and oxygen atoms in total. The molecule has 0 atom stereocenters. The van der Waals surface area contributed by atoms with Gasteiger partial charge in [0, 0.05) is 5.69 Å². The number of rotatable bonds is 8. The van der Waals surface area contributed by atoms with Crippen LogP contribution in [-0.4, -0.2) is 34.6 Å². The predicted octanol–water partition coefficient (Wildman–Crippen LogP) is 2.63. The number of methoxy groups -OCH3 is 1. The summed E-state index contributed by atoms with van der Waals surface area (Å²) in [6.45, 7) is 5.50. The molecule has 0 heterocycles. The Labute approximate surface area is 159 Å². The first kappa shape index (κ1) is 20.7. The third kappa shape index (κ3) is 5.45. The van der Waals surface area contributed by atoms with E-state index in [1.807, 2.05) is 6.92 Å². The third-order valence-electron chi connectivity index (χ3n) is 3.85. The maximum atomic E-state index is 12.5. The van der Waals surface area contributed by atoms with Crippen molar-refractivity contribution >= 4 is 21.6 Å². The maximum Gasteiger partial charge on any atom is 0.241 e. The number of nitrogens with one attached hydrogen (secondary N) is 2. The van der Waals surface area contributed by atoms with Gasteiger partial charge in [-0.15, -0.1) is 0 Å². The van der Waals surface area contributed by atoms with Crippen molar-refractivity contribution in [2.24, 2.45) is 0 Å². The standard InChI is InChI=1S/C19H24N2O5S/c1-5-26-16-8-6-15(7-9-16)21-19(22)12-20-27(23,24)18-11-13(2)17(25-4)10-14(18)3/h6-11,20H,5,12H2,1-4H3,(H,21,22). The molecule has 27 heavy (non-hydrogen) atoms. The Bertz CT molecular complexity index is 908. The van der Waals surface area contributed by atoms with Gasteiger partial charge in [-0.05, 0) is 68.3 Å². The molecule has 0 aliphatic carbocycles. The normalized spacial score (nSPS) is 11.1. The fourth-order valence-corrected chi connectivity index (χ4v) is 3.81. The van der Waals surface area contributed by atoms with Crippen molar-refractivity contribution in [2.45, 2.75) is 25.7 Å². The SMILES string of the molecule is CCOc1ccc(NC(=O)CNS(=O)(=O)c2cc(C)c(OC)cc2C)cc1. The lowest BCUT2D eigenvalue weighted by molar-refractivity contribution is -0.115. The van der Waals surface area contributed by atoms with Gasteiger partial charge in [-0.2, -0.15) is 0 Å². The zero-order chi connectivity index (χ0) is 20.0. The van der Waals surface area contributed by atoms with Crippen LogP contribution in [0.4, 0.5) is 5.69 Å². The highest BCUT2D eigenvalue weighted by molar-refractivity contribution is 7.89. The average Bonchev–Trinajstić information content (AvgIpc) is 2.63. The summed E-state index contributed by atoms with van der Waals surface area (Å²) in [7, 11) is -2.30. The highest BCUT2D eigenvalue weighted by Crippen LogP contribution is 2.25. The van der Waals surface area contributed by atoms with E-state index >= 15 is 0 Å². The van der Waals surface area contributed by atoms with Gasteiger partial charge in [-0.25, -0.2) is 13.1 Å². The topological polar surface area (TPSA) is 93.7 Å². The second kappa shape index (κ2) is 8.88. The minimum atomic E-state index is -3.83. The van der Waals surface area contributed by atoms with Crippen LogP contribution in [0.2, 0.25) is 0 Å². The molecule has 0 bridgehead atoms. The highest BCUT2D eigenvalue weighted by atomic mass is 32.2. The van der Waals surface area contributed by atoms with Crippen molar-refractivity contribution < 1.29 is 22.7 Å². The third-order valence-corrected chi connectivity index (χ3v) is 5.40. The number of benzene rings is 2. The molecule has 0 saturated heterocycles. The van der Waals surface area contributed by atoms with E-state index < -0.39 is 15.9 Å². The predicted molar refractivity (Wildman–Crippen MR) is 104 cm³/mol. The number of hydrogen-bond donors (Lipinski definition) is 2. The smallest absolute Gasteiger partial charge is 0.241 e. The molecule has 0 aliphatic heterocycles. The zero-order valence-corrected chi connectivity index (χ0v) is 16.6. The zero-order valence-electron chi connectivity index (χ0n) is 15.8. The maximum absolute atomic E-state index is 12.5. The van der Waals surface area contributed by atoms with Crippen molar-refractivity contribution in [1.82, 2.24) is 4.72 Å². The van der Waals surface area contributed by atoms with Crippen molar-refractivity contribution in [2.75, 3.05) is 25.6 Å². The van der Waals surface area contributed by atoms with Crippen LogP contribution in [-0.2, 0) is 14.8 Å². The molecule has 0 spiro atoms. The van der Waals surface area contributed by atoms with Gasteiger partial charge in [0.15, 0.2) is 0 Å². The lowest BCUT2D eigenvalue weighted by Gasteiger charge is -2.13. The lowest BCUT2D eigenvalue weighted by Crippen LogP contribution is -2.33. The Balaban J connectivity index is 2.02. The van der Waals surface area contributed by atoms with Gasteiger partial charge >= 0.3 is 0 Å². The van der Waals surface area contributed by atoms with E-state index in [1.54, 1.807) is 44.2 Å². The van der Waals surface area contributed by atoms with Crippen molar-refractivity contribution in [3.63, 3.8) is 0 Å². The van der Waals surface area contributed by atoms with Crippen LogP contribution in [0.1, 0.15) is 18.1 Å². The van der Waals surface area contributed by atoms with Gasteiger partial charge in [0.2, 0.25) is 15.9 Å². The summed E-state index contributed by atoms with van der Waals surface area (Å²) in [5.41, 5.74) is 1.79. The summed E-state index contributed by atoms with van der Waals surface area (Å²) in [4.78, 5) is 12.2. The molecule has 0 aromatic heterocycles. The second-order valence-electron chi connectivity index (χ2n) is 5.92. The largest absolute Gasteiger partial charge is 0.496 e. The van der Waals surface area contributed by atoms with Gasteiger partial charge in [-0.1, -0.05) is 0 Å². The van der Waals surface area contributed by atoms with Gasteiger partial charge in [0.25, 0.3) is 0 Å². The molecule has 2 aromatic rings. The minimum Gasteiger partial charge on any atom is -0.496 e. The number of carbonyl (C=O) groups is 1. The van der Waals surface area contributed by atoms with Crippen molar-refractivity contribution in [3.8, 4) is 11.5 Å². The van der Waals surface area contributed by atoms with Crippen LogP contribution in [0.25, 0.3) is 0 Å². The summed E-state index contributed by atoms with van der Waals surface area (Å²) in [6.07, 6.45) is 0. The monoisotopic (exact) mass is 392 g/mol. The van der Waals surface area contributed by atoms with Crippen molar-refractivity contribution in [3.05, 3.63) is 47.5 Å².